The number of nitro benzene ring substituents is 1. The van der Waals surface area contributed by atoms with Gasteiger partial charge >= 0.3 is 6.03 Å². The molecule has 0 aliphatic heterocycles. The van der Waals surface area contributed by atoms with Crippen LogP contribution in [0.5, 0.6) is 5.75 Å². The van der Waals surface area contributed by atoms with Gasteiger partial charge in [-0.2, -0.15) is 0 Å². The number of amides is 2. The summed E-state index contributed by atoms with van der Waals surface area (Å²) in [4.78, 5) is 25.4. The highest BCUT2D eigenvalue weighted by molar-refractivity contribution is 5.92. The Morgan fingerprint density at radius 2 is 1.93 bits per heavy atom. The standard InChI is InChI=1S/C20H23N3O4/c1-14(16-9-10-16)22(13-15-7-11-17(27-2)12-8-15)20(24)21-18-5-3-4-6-19(18)23(25)26/h3-8,11-12,14,16H,9-10,13H2,1-2H3,(H,21,24). The van der Waals surface area contributed by atoms with Gasteiger partial charge in [0.25, 0.3) is 5.69 Å². The Bertz CT molecular complexity index is 818. The molecule has 27 heavy (non-hydrogen) atoms. The molecule has 7 heteroatoms. The maximum atomic E-state index is 13.0. The highest BCUT2D eigenvalue weighted by atomic mass is 16.6. The van der Waals surface area contributed by atoms with Gasteiger partial charge in [-0.25, -0.2) is 4.79 Å². The number of nitrogens with zero attached hydrogens (tertiary/aromatic N) is 2. The number of benzene rings is 2. The molecule has 0 radical (unpaired) electrons. The van der Waals surface area contributed by atoms with Crippen molar-refractivity contribution in [2.45, 2.75) is 32.4 Å². The number of para-hydroxylation sites is 2. The molecule has 7 nitrogen and oxygen atoms in total. The fourth-order valence-corrected chi connectivity index (χ4v) is 3.09. The van der Waals surface area contributed by atoms with E-state index < -0.39 is 4.92 Å². The van der Waals surface area contributed by atoms with Crippen molar-refractivity contribution in [2.75, 3.05) is 12.4 Å². The topological polar surface area (TPSA) is 84.7 Å². The predicted octanol–water partition coefficient (Wildman–Crippen LogP) is 4.44. The lowest BCUT2D eigenvalue weighted by molar-refractivity contribution is -0.383. The van der Waals surface area contributed by atoms with Crippen LogP contribution in [-0.2, 0) is 6.54 Å². The van der Waals surface area contributed by atoms with E-state index in [1.165, 1.54) is 6.07 Å². The van der Waals surface area contributed by atoms with Crippen LogP contribution in [0.4, 0.5) is 16.2 Å². The van der Waals surface area contributed by atoms with Gasteiger partial charge in [-0.15, -0.1) is 0 Å². The van der Waals surface area contributed by atoms with Crippen molar-refractivity contribution >= 4 is 17.4 Å². The molecule has 0 spiro atoms. The van der Waals surface area contributed by atoms with Gasteiger partial charge < -0.3 is 15.0 Å². The summed E-state index contributed by atoms with van der Waals surface area (Å²) in [6.07, 6.45) is 2.19. The SMILES string of the molecule is COc1ccc(CN(C(=O)Nc2ccccc2[N+](=O)[O-])C(C)C2CC2)cc1. The summed E-state index contributed by atoms with van der Waals surface area (Å²) in [5.74, 6) is 1.23. The first-order valence-electron chi connectivity index (χ1n) is 8.93. The first kappa shape index (κ1) is 18.7. The average Bonchev–Trinajstić information content (AvgIpc) is 3.51. The molecule has 1 saturated carbocycles. The minimum absolute atomic E-state index is 0.0508. The second-order valence-electron chi connectivity index (χ2n) is 6.76. The van der Waals surface area contributed by atoms with Crippen molar-refractivity contribution in [2.24, 2.45) is 5.92 Å². The van der Waals surface area contributed by atoms with E-state index >= 15 is 0 Å². The van der Waals surface area contributed by atoms with Gasteiger partial charge in [0, 0.05) is 18.7 Å². The van der Waals surface area contributed by atoms with E-state index in [1.54, 1.807) is 30.2 Å². The zero-order valence-corrected chi connectivity index (χ0v) is 15.4. The maximum absolute atomic E-state index is 13.0. The summed E-state index contributed by atoms with van der Waals surface area (Å²) in [6.45, 7) is 2.45. The summed E-state index contributed by atoms with van der Waals surface area (Å²) in [5.41, 5.74) is 1.06. The molecular formula is C20H23N3O4. The molecule has 0 saturated heterocycles. The number of methoxy groups -OCH3 is 1. The van der Waals surface area contributed by atoms with Crippen molar-refractivity contribution < 1.29 is 14.5 Å². The van der Waals surface area contributed by atoms with Gasteiger partial charge in [-0.3, -0.25) is 10.1 Å². The van der Waals surface area contributed by atoms with Crippen LogP contribution in [0.15, 0.2) is 48.5 Å². The molecule has 2 aromatic carbocycles. The van der Waals surface area contributed by atoms with E-state index in [4.69, 9.17) is 4.74 Å². The largest absolute Gasteiger partial charge is 0.497 e. The molecule has 142 valence electrons. The third-order valence-corrected chi connectivity index (χ3v) is 4.91. The lowest BCUT2D eigenvalue weighted by Gasteiger charge is -2.29. The summed E-state index contributed by atoms with van der Waals surface area (Å²) >= 11 is 0. The van der Waals surface area contributed by atoms with Crippen LogP contribution in [0.2, 0.25) is 0 Å². The lowest BCUT2D eigenvalue weighted by Crippen LogP contribution is -2.42. The second-order valence-corrected chi connectivity index (χ2v) is 6.76. The number of carbonyl (C=O) groups is 1. The average molecular weight is 369 g/mol. The summed E-state index contributed by atoms with van der Waals surface area (Å²) < 4.78 is 5.18. The van der Waals surface area contributed by atoms with E-state index in [0.29, 0.717) is 12.5 Å². The van der Waals surface area contributed by atoms with E-state index in [9.17, 15) is 14.9 Å². The summed E-state index contributed by atoms with van der Waals surface area (Å²) in [7, 11) is 1.61. The second kappa shape index (κ2) is 8.07. The molecule has 2 aromatic rings. The number of carbonyl (C=O) groups excluding carboxylic acids is 1. The van der Waals surface area contributed by atoms with Gasteiger partial charge in [0.05, 0.1) is 12.0 Å². The quantitative estimate of drug-likeness (QED) is 0.578. The Morgan fingerprint density at radius 1 is 1.26 bits per heavy atom. The number of anilines is 1. The zero-order valence-electron chi connectivity index (χ0n) is 15.4. The number of hydrogen-bond donors (Lipinski definition) is 1. The Morgan fingerprint density at radius 3 is 2.52 bits per heavy atom. The van der Waals surface area contributed by atoms with Gasteiger partial charge in [0.1, 0.15) is 11.4 Å². The smallest absolute Gasteiger partial charge is 0.322 e. The molecule has 1 unspecified atom stereocenters. The van der Waals surface area contributed by atoms with Crippen molar-refractivity contribution in [1.82, 2.24) is 4.90 Å². The lowest BCUT2D eigenvalue weighted by atomic mass is 10.1. The van der Waals surface area contributed by atoms with Crippen molar-refractivity contribution in [3.8, 4) is 5.75 Å². The number of nitrogens with one attached hydrogen (secondary N) is 1. The minimum Gasteiger partial charge on any atom is -0.497 e. The monoisotopic (exact) mass is 369 g/mol. The molecule has 1 aliphatic carbocycles. The van der Waals surface area contributed by atoms with E-state index in [1.807, 2.05) is 31.2 Å². The number of nitro groups is 1. The Balaban J connectivity index is 1.80. The highest BCUT2D eigenvalue weighted by Crippen LogP contribution is 2.36. The fourth-order valence-electron chi connectivity index (χ4n) is 3.09. The highest BCUT2D eigenvalue weighted by Gasteiger charge is 2.34. The molecule has 0 heterocycles. The van der Waals surface area contributed by atoms with E-state index in [2.05, 4.69) is 5.32 Å². The number of hydrogen-bond acceptors (Lipinski definition) is 4. The third-order valence-electron chi connectivity index (χ3n) is 4.91. The van der Waals surface area contributed by atoms with Gasteiger partial charge in [0.2, 0.25) is 0 Å². The Hall–Kier alpha value is -3.09. The van der Waals surface area contributed by atoms with Crippen molar-refractivity contribution in [3.63, 3.8) is 0 Å². The first-order chi connectivity index (χ1) is 13.0. The van der Waals surface area contributed by atoms with Crippen LogP contribution in [0.25, 0.3) is 0 Å². The number of urea groups is 1. The predicted molar refractivity (Wildman–Crippen MR) is 103 cm³/mol. The van der Waals surface area contributed by atoms with Crippen LogP contribution in [0, 0.1) is 16.0 Å². The normalized spacial score (nSPS) is 14.3. The van der Waals surface area contributed by atoms with E-state index in [0.717, 1.165) is 24.2 Å². The van der Waals surface area contributed by atoms with E-state index in [-0.39, 0.29) is 23.4 Å². The summed E-state index contributed by atoms with van der Waals surface area (Å²) in [5, 5.41) is 13.9. The minimum atomic E-state index is -0.492. The number of rotatable bonds is 7. The molecule has 1 N–H and O–H groups in total. The zero-order chi connectivity index (χ0) is 19.4. The van der Waals surface area contributed by atoms with Crippen LogP contribution < -0.4 is 10.1 Å². The molecule has 3 rings (SSSR count). The third kappa shape index (κ3) is 4.55. The molecule has 0 aromatic heterocycles. The Kier molecular flexibility index (Phi) is 5.59. The first-order valence-corrected chi connectivity index (χ1v) is 8.93. The Labute approximate surface area is 158 Å². The van der Waals surface area contributed by atoms with Crippen LogP contribution in [-0.4, -0.2) is 29.0 Å². The molecule has 2 amide bonds. The molecule has 1 atom stereocenters. The molecule has 1 fully saturated rings. The fraction of sp³-hybridized carbons (Fsp3) is 0.350. The van der Waals surface area contributed by atoms with Gasteiger partial charge in [-0.1, -0.05) is 24.3 Å². The molecule has 0 bridgehead atoms. The van der Waals surface area contributed by atoms with Crippen LogP contribution in [0.1, 0.15) is 25.3 Å². The maximum Gasteiger partial charge on any atom is 0.322 e. The van der Waals surface area contributed by atoms with Crippen molar-refractivity contribution in [1.29, 1.82) is 0 Å². The van der Waals surface area contributed by atoms with Crippen LogP contribution >= 0.6 is 0 Å². The number of ether oxygens (including phenoxy) is 1. The molecular weight excluding hydrogens is 346 g/mol. The van der Waals surface area contributed by atoms with Crippen LogP contribution in [0.3, 0.4) is 0 Å². The summed E-state index contributed by atoms with van der Waals surface area (Å²) in [6, 6.07) is 13.4. The molecule has 1 aliphatic rings. The van der Waals surface area contributed by atoms with Crippen molar-refractivity contribution in [3.05, 3.63) is 64.2 Å². The van der Waals surface area contributed by atoms with Gasteiger partial charge in [0.15, 0.2) is 0 Å². The van der Waals surface area contributed by atoms with Gasteiger partial charge in [-0.05, 0) is 49.4 Å².